The molecule has 2 aromatic rings. The van der Waals surface area contributed by atoms with Crippen molar-refractivity contribution in [2.24, 2.45) is 0 Å². The number of hydrogen-bond acceptors (Lipinski definition) is 2. The van der Waals surface area contributed by atoms with E-state index in [4.69, 9.17) is 11.6 Å². The maximum Gasteiger partial charge on any atom is 0.259 e. The first-order chi connectivity index (χ1) is 8.58. The number of hydrogen-bond donors (Lipinski definition) is 1. The number of carbonyl (C=O) groups is 1. The Labute approximate surface area is 109 Å². The molecule has 2 rings (SSSR count). The van der Waals surface area contributed by atoms with Gasteiger partial charge in [-0.25, -0.2) is 9.37 Å². The number of anilines is 1. The van der Waals surface area contributed by atoms with Crippen molar-refractivity contribution >= 4 is 23.3 Å². The average Bonchev–Trinajstić information content (AvgIpc) is 2.32. The summed E-state index contributed by atoms with van der Waals surface area (Å²) in [6, 6.07) is 7.72. The number of rotatable bonds is 2. The van der Waals surface area contributed by atoms with E-state index in [1.807, 2.05) is 0 Å². The van der Waals surface area contributed by atoms with Crippen molar-refractivity contribution in [1.29, 1.82) is 0 Å². The quantitative estimate of drug-likeness (QED) is 0.903. The van der Waals surface area contributed by atoms with Gasteiger partial charge in [0.2, 0.25) is 0 Å². The zero-order valence-corrected chi connectivity index (χ0v) is 10.3. The van der Waals surface area contributed by atoms with Crippen LogP contribution in [-0.4, -0.2) is 10.9 Å². The summed E-state index contributed by atoms with van der Waals surface area (Å²) in [5, 5.41) is 2.94. The van der Waals surface area contributed by atoms with Gasteiger partial charge in [-0.05, 0) is 30.7 Å². The van der Waals surface area contributed by atoms with Gasteiger partial charge in [0, 0.05) is 11.2 Å². The van der Waals surface area contributed by atoms with E-state index in [0.717, 1.165) is 0 Å². The fourth-order valence-corrected chi connectivity index (χ4v) is 1.64. The van der Waals surface area contributed by atoms with Gasteiger partial charge in [-0.15, -0.1) is 0 Å². The van der Waals surface area contributed by atoms with Crippen molar-refractivity contribution in [3.8, 4) is 0 Å². The molecular weight excluding hydrogens is 255 g/mol. The van der Waals surface area contributed by atoms with E-state index < -0.39 is 11.7 Å². The first-order valence-corrected chi connectivity index (χ1v) is 5.64. The molecule has 1 amide bonds. The van der Waals surface area contributed by atoms with Gasteiger partial charge >= 0.3 is 0 Å². The first kappa shape index (κ1) is 12.5. The van der Waals surface area contributed by atoms with E-state index in [0.29, 0.717) is 10.6 Å². The van der Waals surface area contributed by atoms with Gasteiger partial charge < -0.3 is 5.32 Å². The Morgan fingerprint density at radius 3 is 2.89 bits per heavy atom. The average molecular weight is 265 g/mol. The maximum absolute atomic E-state index is 13.7. The predicted octanol–water partition coefficient (Wildman–Crippen LogP) is 3.43. The molecule has 0 unspecified atom stereocenters. The Morgan fingerprint density at radius 1 is 1.39 bits per heavy atom. The van der Waals surface area contributed by atoms with Crippen LogP contribution in [0.3, 0.4) is 0 Å². The summed E-state index contributed by atoms with van der Waals surface area (Å²) >= 11 is 5.77. The zero-order valence-electron chi connectivity index (χ0n) is 9.58. The van der Waals surface area contributed by atoms with Gasteiger partial charge in [0.1, 0.15) is 11.6 Å². The minimum atomic E-state index is -0.550. The second-order valence-corrected chi connectivity index (χ2v) is 4.19. The predicted molar refractivity (Wildman–Crippen MR) is 68.3 cm³/mol. The number of benzene rings is 1. The standard InChI is InChI=1S/C13H10ClFN2O/c1-8-3-2-4-10(12(8)15)13(18)17-11-7-9(14)5-6-16-11/h2-7H,1H3,(H,16,17,18). The van der Waals surface area contributed by atoms with Crippen LogP contribution in [0.2, 0.25) is 5.02 Å². The summed E-state index contributed by atoms with van der Waals surface area (Å²) in [6.45, 7) is 1.60. The normalized spacial score (nSPS) is 10.2. The van der Waals surface area contributed by atoms with E-state index in [1.54, 1.807) is 25.1 Å². The van der Waals surface area contributed by atoms with Crippen LogP contribution in [0, 0.1) is 12.7 Å². The van der Waals surface area contributed by atoms with Crippen LogP contribution in [0.25, 0.3) is 0 Å². The molecule has 0 bridgehead atoms. The lowest BCUT2D eigenvalue weighted by Crippen LogP contribution is -2.15. The van der Waals surface area contributed by atoms with Crippen LogP contribution in [0.1, 0.15) is 15.9 Å². The fraction of sp³-hybridized carbons (Fsp3) is 0.0769. The van der Waals surface area contributed by atoms with E-state index >= 15 is 0 Å². The van der Waals surface area contributed by atoms with Gasteiger partial charge in [0.05, 0.1) is 5.56 Å². The van der Waals surface area contributed by atoms with E-state index in [2.05, 4.69) is 10.3 Å². The van der Waals surface area contributed by atoms with Crippen molar-refractivity contribution in [2.45, 2.75) is 6.92 Å². The van der Waals surface area contributed by atoms with Crippen LogP contribution >= 0.6 is 11.6 Å². The highest BCUT2D eigenvalue weighted by Crippen LogP contribution is 2.15. The van der Waals surface area contributed by atoms with Crippen LogP contribution in [0.5, 0.6) is 0 Å². The molecule has 1 aromatic carbocycles. The SMILES string of the molecule is Cc1cccc(C(=O)Nc2cc(Cl)ccn2)c1F. The highest BCUT2D eigenvalue weighted by molar-refractivity contribution is 6.30. The summed E-state index contributed by atoms with van der Waals surface area (Å²) in [6.07, 6.45) is 1.46. The summed E-state index contributed by atoms with van der Waals surface area (Å²) in [5.74, 6) is -0.795. The lowest BCUT2D eigenvalue weighted by Gasteiger charge is -2.06. The van der Waals surface area contributed by atoms with Crippen molar-refractivity contribution in [3.63, 3.8) is 0 Å². The number of aromatic nitrogens is 1. The Bertz CT molecular complexity index is 601. The number of aryl methyl sites for hydroxylation is 1. The Hall–Kier alpha value is -1.94. The van der Waals surface area contributed by atoms with E-state index in [-0.39, 0.29) is 11.4 Å². The smallest absolute Gasteiger partial charge is 0.259 e. The third kappa shape index (κ3) is 2.65. The van der Waals surface area contributed by atoms with Crippen LogP contribution in [0.4, 0.5) is 10.2 Å². The summed E-state index contributed by atoms with van der Waals surface area (Å²) in [7, 11) is 0. The maximum atomic E-state index is 13.7. The molecule has 0 aliphatic heterocycles. The van der Waals surface area contributed by atoms with Crippen LogP contribution in [-0.2, 0) is 0 Å². The number of halogens is 2. The molecule has 1 N–H and O–H groups in total. The molecular formula is C13H10ClFN2O. The van der Waals surface area contributed by atoms with Gasteiger partial charge in [0.25, 0.3) is 5.91 Å². The number of amides is 1. The lowest BCUT2D eigenvalue weighted by molar-refractivity contribution is 0.102. The molecule has 92 valence electrons. The highest BCUT2D eigenvalue weighted by atomic mass is 35.5. The molecule has 0 aliphatic rings. The molecule has 0 atom stereocenters. The molecule has 0 fully saturated rings. The molecule has 0 spiro atoms. The molecule has 0 aliphatic carbocycles. The fourth-order valence-electron chi connectivity index (χ4n) is 1.48. The third-order valence-electron chi connectivity index (χ3n) is 2.40. The minimum absolute atomic E-state index is 0.0169. The second kappa shape index (κ2) is 5.14. The Balaban J connectivity index is 2.25. The molecule has 0 radical (unpaired) electrons. The number of nitrogens with zero attached hydrogens (tertiary/aromatic N) is 1. The molecule has 5 heteroatoms. The van der Waals surface area contributed by atoms with Crippen molar-refractivity contribution in [2.75, 3.05) is 5.32 Å². The van der Waals surface area contributed by atoms with Crippen molar-refractivity contribution in [1.82, 2.24) is 4.98 Å². The van der Waals surface area contributed by atoms with Gasteiger partial charge in [-0.2, -0.15) is 0 Å². The van der Waals surface area contributed by atoms with Crippen molar-refractivity contribution in [3.05, 3.63) is 58.5 Å². The monoisotopic (exact) mass is 264 g/mol. The molecule has 0 saturated carbocycles. The number of nitrogens with one attached hydrogen (secondary N) is 1. The highest BCUT2D eigenvalue weighted by Gasteiger charge is 2.13. The summed E-state index contributed by atoms with van der Waals surface area (Å²) in [4.78, 5) is 15.8. The molecule has 3 nitrogen and oxygen atoms in total. The zero-order chi connectivity index (χ0) is 13.1. The van der Waals surface area contributed by atoms with Crippen LogP contribution in [0.15, 0.2) is 36.5 Å². The molecule has 1 aromatic heterocycles. The number of pyridine rings is 1. The number of carbonyl (C=O) groups excluding carboxylic acids is 1. The van der Waals surface area contributed by atoms with Crippen molar-refractivity contribution < 1.29 is 9.18 Å². The molecule has 1 heterocycles. The summed E-state index contributed by atoms with van der Waals surface area (Å²) < 4.78 is 13.7. The van der Waals surface area contributed by atoms with E-state index in [1.165, 1.54) is 18.3 Å². The van der Waals surface area contributed by atoms with Gasteiger partial charge in [-0.3, -0.25) is 4.79 Å². The van der Waals surface area contributed by atoms with Gasteiger partial charge in [0.15, 0.2) is 0 Å². The van der Waals surface area contributed by atoms with Crippen LogP contribution < -0.4 is 5.32 Å². The Kier molecular flexibility index (Phi) is 3.58. The largest absolute Gasteiger partial charge is 0.306 e. The first-order valence-electron chi connectivity index (χ1n) is 5.26. The minimum Gasteiger partial charge on any atom is -0.306 e. The molecule has 0 saturated heterocycles. The Morgan fingerprint density at radius 2 is 2.17 bits per heavy atom. The van der Waals surface area contributed by atoms with E-state index in [9.17, 15) is 9.18 Å². The molecule has 18 heavy (non-hydrogen) atoms. The van der Waals surface area contributed by atoms with Gasteiger partial charge in [-0.1, -0.05) is 23.7 Å². The topological polar surface area (TPSA) is 42.0 Å². The second-order valence-electron chi connectivity index (χ2n) is 3.75. The summed E-state index contributed by atoms with van der Waals surface area (Å²) in [5.41, 5.74) is 0.401. The lowest BCUT2D eigenvalue weighted by atomic mass is 10.1. The third-order valence-corrected chi connectivity index (χ3v) is 2.64.